The standard InChI is InChI=1S/C19H34N2/c1-15-12-16-6-5-7-19(2,3)18(16)13-17(15)14-21-10-8-20(4)9-11-21/h15,17H,5-14H2,1-4H3/t15-,17-/m1/s1. The highest BCUT2D eigenvalue weighted by atomic mass is 15.2. The maximum Gasteiger partial charge on any atom is 0.0110 e. The highest BCUT2D eigenvalue weighted by Gasteiger charge is 2.37. The van der Waals surface area contributed by atoms with Crippen molar-refractivity contribution >= 4 is 0 Å². The molecule has 0 amide bonds. The number of hydrogen-bond donors (Lipinski definition) is 0. The van der Waals surface area contributed by atoms with E-state index in [2.05, 4.69) is 37.6 Å². The second-order valence-corrected chi connectivity index (χ2v) is 8.57. The summed E-state index contributed by atoms with van der Waals surface area (Å²) < 4.78 is 0. The van der Waals surface area contributed by atoms with Gasteiger partial charge in [-0.05, 0) is 56.4 Å². The quantitative estimate of drug-likeness (QED) is 0.714. The first-order valence-electron chi connectivity index (χ1n) is 9.08. The molecule has 1 saturated heterocycles. The van der Waals surface area contributed by atoms with E-state index >= 15 is 0 Å². The van der Waals surface area contributed by atoms with Gasteiger partial charge in [-0.2, -0.15) is 0 Å². The number of likely N-dealkylation sites (N-methyl/N-ethyl adjacent to an activating group) is 1. The Labute approximate surface area is 131 Å². The van der Waals surface area contributed by atoms with Crippen molar-refractivity contribution < 1.29 is 0 Å². The fraction of sp³-hybridized carbons (Fsp3) is 0.895. The topological polar surface area (TPSA) is 6.48 Å². The fourth-order valence-corrected chi connectivity index (χ4v) is 4.80. The van der Waals surface area contributed by atoms with E-state index in [1.165, 1.54) is 64.8 Å². The summed E-state index contributed by atoms with van der Waals surface area (Å²) >= 11 is 0. The predicted octanol–water partition coefficient (Wildman–Crippen LogP) is 3.79. The maximum atomic E-state index is 2.72. The lowest BCUT2D eigenvalue weighted by atomic mass is 9.63. The summed E-state index contributed by atoms with van der Waals surface area (Å²) in [5.41, 5.74) is 4.17. The fourth-order valence-electron chi connectivity index (χ4n) is 4.80. The van der Waals surface area contributed by atoms with Gasteiger partial charge < -0.3 is 9.80 Å². The van der Waals surface area contributed by atoms with Gasteiger partial charge in [0, 0.05) is 32.7 Å². The summed E-state index contributed by atoms with van der Waals surface area (Å²) in [4.78, 5) is 5.19. The van der Waals surface area contributed by atoms with Crippen LogP contribution in [0.15, 0.2) is 11.1 Å². The van der Waals surface area contributed by atoms with Crippen molar-refractivity contribution in [2.24, 2.45) is 17.3 Å². The molecule has 3 rings (SSSR count). The second-order valence-electron chi connectivity index (χ2n) is 8.57. The zero-order valence-corrected chi connectivity index (χ0v) is 14.6. The third-order valence-corrected chi connectivity index (χ3v) is 6.45. The van der Waals surface area contributed by atoms with Crippen LogP contribution in [-0.4, -0.2) is 49.6 Å². The van der Waals surface area contributed by atoms with Crippen molar-refractivity contribution in [2.75, 3.05) is 39.8 Å². The highest BCUT2D eigenvalue weighted by molar-refractivity contribution is 5.27. The van der Waals surface area contributed by atoms with Gasteiger partial charge in [-0.15, -0.1) is 0 Å². The minimum Gasteiger partial charge on any atom is -0.304 e. The number of nitrogens with zero attached hydrogens (tertiary/aromatic N) is 2. The van der Waals surface area contributed by atoms with Crippen LogP contribution in [0.2, 0.25) is 0 Å². The second kappa shape index (κ2) is 6.04. The molecule has 0 spiro atoms. The van der Waals surface area contributed by atoms with Crippen LogP contribution in [0.25, 0.3) is 0 Å². The molecule has 2 aliphatic carbocycles. The normalized spacial score (nSPS) is 34.9. The monoisotopic (exact) mass is 290 g/mol. The van der Waals surface area contributed by atoms with Gasteiger partial charge in [0.2, 0.25) is 0 Å². The summed E-state index contributed by atoms with van der Waals surface area (Å²) in [6.45, 7) is 13.9. The van der Waals surface area contributed by atoms with Gasteiger partial charge in [-0.25, -0.2) is 0 Å². The summed E-state index contributed by atoms with van der Waals surface area (Å²) in [6, 6.07) is 0. The molecule has 0 aromatic heterocycles. The molecule has 0 saturated carbocycles. The number of rotatable bonds is 2. The molecular formula is C19H34N2. The van der Waals surface area contributed by atoms with Crippen LogP contribution < -0.4 is 0 Å². The minimum absolute atomic E-state index is 0.480. The average Bonchev–Trinajstić information content (AvgIpc) is 2.42. The van der Waals surface area contributed by atoms with E-state index in [-0.39, 0.29) is 0 Å². The van der Waals surface area contributed by atoms with Crippen molar-refractivity contribution in [3.63, 3.8) is 0 Å². The number of hydrogen-bond acceptors (Lipinski definition) is 2. The highest BCUT2D eigenvalue weighted by Crippen LogP contribution is 2.49. The molecule has 0 unspecified atom stereocenters. The van der Waals surface area contributed by atoms with Crippen LogP contribution in [0.5, 0.6) is 0 Å². The van der Waals surface area contributed by atoms with Crippen molar-refractivity contribution in [2.45, 2.75) is 52.9 Å². The zero-order valence-electron chi connectivity index (χ0n) is 14.6. The van der Waals surface area contributed by atoms with Gasteiger partial charge in [0.1, 0.15) is 0 Å². The van der Waals surface area contributed by atoms with Crippen molar-refractivity contribution in [1.29, 1.82) is 0 Å². The molecular weight excluding hydrogens is 256 g/mol. The molecule has 0 bridgehead atoms. The van der Waals surface area contributed by atoms with Gasteiger partial charge in [-0.1, -0.05) is 31.9 Å². The molecule has 1 aliphatic heterocycles. The van der Waals surface area contributed by atoms with E-state index < -0.39 is 0 Å². The summed E-state index contributed by atoms with van der Waals surface area (Å²) in [5.74, 6) is 1.78. The predicted molar refractivity (Wildman–Crippen MR) is 90.5 cm³/mol. The molecule has 21 heavy (non-hydrogen) atoms. The molecule has 0 N–H and O–H groups in total. The Morgan fingerprint density at radius 3 is 2.52 bits per heavy atom. The average molecular weight is 290 g/mol. The van der Waals surface area contributed by atoms with Crippen molar-refractivity contribution in [1.82, 2.24) is 9.80 Å². The third-order valence-electron chi connectivity index (χ3n) is 6.45. The van der Waals surface area contributed by atoms with E-state index in [1.807, 2.05) is 11.1 Å². The largest absolute Gasteiger partial charge is 0.304 e. The van der Waals surface area contributed by atoms with Crippen LogP contribution in [-0.2, 0) is 0 Å². The molecule has 2 atom stereocenters. The van der Waals surface area contributed by atoms with Crippen molar-refractivity contribution in [3.8, 4) is 0 Å². The number of allylic oxidation sites excluding steroid dienone is 2. The molecule has 120 valence electrons. The zero-order chi connectivity index (χ0) is 15.0. The molecule has 1 heterocycles. The molecule has 0 aromatic rings. The molecule has 0 aromatic carbocycles. The van der Waals surface area contributed by atoms with Gasteiger partial charge in [-0.3, -0.25) is 0 Å². The van der Waals surface area contributed by atoms with Gasteiger partial charge in [0.05, 0.1) is 0 Å². The van der Waals surface area contributed by atoms with E-state index in [9.17, 15) is 0 Å². The lowest BCUT2D eigenvalue weighted by molar-refractivity contribution is 0.114. The molecule has 1 fully saturated rings. The Balaban J connectivity index is 1.66. The SMILES string of the molecule is C[C@@H]1CC2=C(C[C@@H]1CN1CCN(C)CC1)C(C)(C)CCC2. The van der Waals surface area contributed by atoms with Crippen molar-refractivity contribution in [3.05, 3.63) is 11.1 Å². The molecule has 2 heteroatoms. The first-order valence-corrected chi connectivity index (χ1v) is 9.08. The lowest BCUT2D eigenvalue weighted by Gasteiger charge is -2.45. The number of piperazine rings is 1. The Bertz CT molecular complexity index is 402. The van der Waals surface area contributed by atoms with Crippen LogP contribution in [0.3, 0.4) is 0 Å². The third kappa shape index (κ3) is 3.37. The Morgan fingerprint density at radius 1 is 1.10 bits per heavy atom. The van der Waals surface area contributed by atoms with E-state index in [1.54, 1.807) is 0 Å². The molecule has 0 radical (unpaired) electrons. The Hall–Kier alpha value is -0.340. The van der Waals surface area contributed by atoms with E-state index in [0.29, 0.717) is 5.41 Å². The van der Waals surface area contributed by atoms with Crippen LogP contribution in [0, 0.1) is 17.3 Å². The summed E-state index contributed by atoms with van der Waals surface area (Å²) in [6.07, 6.45) is 6.99. The first kappa shape index (κ1) is 15.6. The van der Waals surface area contributed by atoms with Crippen LogP contribution in [0.4, 0.5) is 0 Å². The lowest BCUT2D eigenvalue weighted by Crippen LogP contribution is -2.47. The first-order chi connectivity index (χ1) is 9.95. The van der Waals surface area contributed by atoms with Gasteiger partial charge in [0.15, 0.2) is 0 Å². The Kier molecular flexibility index (Phi) is 4.47. The minimum atomic E-state index is 0.480. The molecule has 3 aliphatic rings. The van der Waals surface area contributed by atoms with E-state index in [4.69, 9.17) is 0 Å². The van der Waals surface area contributed by atoms with E-state index in [0.717, 1.165) is 11.8 Å². The van der Waals surface area contributed by atoms with Crippen LogP contribution in [0.1, 0.15) is 52.9 Å². The summed E-state index contributed by atoms with van der Waals surface area (Å²) in [7, 11) is 2.25. The molecule has 2 nitrogen and oxygen atoms in total. The summed E-state index contributed by atoms with van der Waals surface area (Å²) in [5, 5.41) is 0. The van der Waals surface area contributed by atoms with Gasteiger partial charge in [0.25, 0.3) is 0 Å². The van der Waals surface area contributed by atoms with Gasteiger partial charge >= 0.3 is 0 Å². The smallest absolute Gasteiger partial charge is 0.0110 e. The van der Waals surface area contributed by atoms with Crippen LogP contribution >= 0.6 is 0 Å². The Morgan fingerprint density at radius 2 is 1.81 bits per heavy atom. The maximum absolute atomic E-state index is 2.72.